The summed E-state index contributed by atoms with van der Waals surface area (Å²) in [6, 6.07) is 10.8. The molecule has 1 amide bonds. The summed E-state index contributed by atoms with van der Waals surface area (Å²) >= 11 is 2.39. The molecule has 7 nitrogen and oxygen atoms in total. The number of halogens is 1. The van der Waals surface area contributed by atoms with Crippen LogP contribution in [-0.2, 0) is 14.2 Å². The summed E-state index contributed by atoms with van der Waals surface area (Å²) in [5, 5.41) is 4.73. The van der Waals surface area contributed by atoms with E-state index in [2.05, 4.69) is 57.6 Å². The molecule has 3 heterocycles. The van der Waals surface area contributed by atoms with E-state index in [4.69, 9.17) is 19.3 Å². The molecule has 36 heavy (non-hydrogen) atoms. The minimum atomic E-state index is -0.268. The standard InChI is InChI=1S/C28H38IN3O4/c1-34-28(33)31-16-7-10-23(27-24(29)18-30-32(27)26-11-5-6-17-35-26)25(31)19-36-22-14-12-21(13-15-22)20-8-3-2-4-9-20/h2-4,8-9,18,21-23,25-26H,5-7,10-17,19H2,1H3/t21?,22?,23-,25?,26?/m0/s1. The van der Waals surface area contributed by atoms with Gasteiger partial charge in [-0.05, 0) is 91.9 Å². The smallest absolute Gasteiger partial charge is 0.409 e. The van der Waals surface area contributed by atoms with E-state index >= 15 is 0 Å². The monoisotopic (exact) mass is 607 g/mol. The average molecular weight is 608 g/mol. The molecule has 0 spiro atoms. The van der Waals surface area contributed by atoms with Crippen molar-refractivity contribution in [3.8, 4) is 0 Å². The van der Waals surface area contributed by atoms with Crippen LogP contribution in [0.15, 0.2) is 36.5 Å². The van der Waals surface area contributed by atoms with Crippen LogP contribution in [0.5, 0.6) is 0 Å². The van der Waals surface area contributed by atoms with Gasteiger partial charge in [-0.15, -0.1) is 0 Å². The van der Waals surface area contributed by atoms with Crippen LogP contribution in [0.3, 0.4) is 0 Å². The van der Waals surface area contributed by atoms with E-state index in [0.717, 1.165) is 68.0 Å². The Labute approximate surface area is 228 Å². The first-order valence-electron chi connectivity index (χ1n) is 13.5. The summed E-state index contributed by atoms with van der Waals surface area (Å²) in [6.07, 6.45) is 11.4. The number of amides is 1. The predicted octanol–water partition coefficient (Wildman–Crippen LogP) is 6.24. The highest BCUT2D eigenvalue weighted by atomic mass is 127. The number of nitrogens with zero attached hydrogens (tertiary/aromatic N) is 3. The van der Waals surface area contributed by atoms with Crippen molar-refractivity contribution in [3.63, 3.8) is 0 Å². The second-order valence-corrected chi connectivity index (χ2v) is 11.5. The fraction of sp³-hybridized carbons (Fsp3) is 0.643. The number of piperidine rings is 1. The van der Waals surface area contributed by atoms with Gasteiger partial charge in [0, 0.05) is 19.1 Å². The Bertz CT molecular complexity index is 986. The molecule has 2 unspecified atom stereocenters. The lowest BCUT2D eigenvalue weighted by molar-refractivity contribution is -0.0468. The highest BCUT2D eigenvalue weighted by Gasteiger charge is 2.40. The second-order valence-electron chi connectivity index (χ2n) is 10.3. The number of methoxy groups -OCH3 is 1. The van der Waals surface area contributed by atoms with Crippen LogP contribution in [0.1, 0.15) is 87.1 Å². The molecule has 0 radical (unpaired) electrons. The number of carbonyl (C=O) groups excluding carboxylic acids is 1. The van der Waals surface area contributed by atoms with Gasteiger partial charge in [-0.25, -0.2) is 9.48 Å². The van der Waals surface area contributed by atoms with Gasteiger partial charge in [0.25, 0.3) is 0 Å². The van der Waals surface area contributed by atoms with Gasteiger partial charge in [0.05, 0.1) is 41.3 Å². The lowest BCUT2D eigenvalue weighted by Gasteiger charge is -2.42. The molecule has 3 fully saturated rings. The number of rotatable bonds is 6. The fourth-order valence-electron chi connectivity index (χ4n) is 6.29. The Hall–Kier alpha value is -1.65. The quantitative estimate of drug-likeness (QED) is 0.364. The molecular formula is C28H38IN3O4. The Morgan fingerprint density at radius 1 is 1.08 bits per heavy atom. The number of ether oxygens (including phenoxy) is 3. The first-order valence-corrected chi connectivity index (χ1v) is 14.6. The molecule has 1 aromatic carbocycles. The Kier molecular flexibility index (Phi) is 8.85. The molecule has 0 N–H and O–H groups in total. The van der Waals surface area contributed by atoms with Gasteiger partial charge in [0.2, 0.25) is 0 Å². The molecule has 1 saturated carbocycles. The van der Waals surface area contributed by atoms with Crippen LogP contribution in [-0.4, -0.2) is 59.8 Å². The highest BCUT2D eigenvalue weighted by molar-refractivity contribution is 14.1. The van der Waals surface area contributed by atoms with Crippen LogP contribution in [0.25, 0.3) is 0 Å². The molecule has 196 valence electrons. The zero-order valence-electron chi connectivity index (χ0n) is 21.2. The predicted molar refractivity (Wildman–Crippen MR) is 146 cm³/mol. The molecule has 2 saturated heterocycles. The third kappa shape index (κ3) is 5.75. The SMILES string of the molecule is COC(=O)N1CCC[C@H](c2c(I)cnn2C2CCCCO2)C1COC1CCC(c2ccccc2)CC1. The summed E-state index contributed by atoms with van der Waals surface area (Å²) in [4.78, 5) is 14.7. The van der Waals surface area contributed by atoms with Crippen LogP contribution in [0.2, 0.25) is 0 Å². The van der Waals surface area contributed by atoms with Gasteiger partial charge in [-0.3, -0.25) is 0 Å². The Morgan fingerprint density at radius 3 is 2.61 bits per heavy atom. The van der Waals surface area contributed by atoms with Crippen LogP contribution < -0.4 is 0 Å². The Morgan fingerprint density at radius 2 is 1.89 bits per heavy atom. The van der Waals surface area contributed by atoms with E-state index in [0.29, 0.717) is 19.1 Å². The average Bonchev–Trinajstić information content (AvgIpc) is 3.33. The molecule has 0 bridgehead atoms. The van der Waals surface area contributed by atoms with Crippen molar-refractivity contribution in [2.75, 3.05) is 26.9 Å². The molecular weight excluding hydrogens is 569 g/mol. The topological polar surface area (TPSA) is 65.8 Å². The minimum Gasteiger partial charge on any atom is -0.453 e. The molecule has 5 rings (SSSR count). The van der Waals surface area contributed by atoms with Gasteiger partial charge in [0.15, 0.2) is 6.23 Å². The van der Waals surface area contributed by atoms with Crippen molar-refractivity contribution in [2.45, 2.75) is 88.0 Å². The summed E-state index contributed by atoms with van der Waals surface area (Å²) in [5.74, 6) is 0.755. The lowest BCUT2D eigenvalue weighted by atomic mass is 9.82. The van der Waals surface area contributed by atoms with E-state index < -0.39 is 0 Å². The minimum absolute atomic E-state index is 0.0272. The number of aromatic nitrogens is 2. The van der Waals surface area contributed by atoms with Gasteiger partial charge in [-0.1, -0.05) is 30.3 Å². The first-order chi connectivity index (χ1) is 17.7. The van der Waals surface area contributed by atoms with Crippen LogP contribution in [0, 0.1) is 3.57 Å². The van der Waals surface area contributed by atoms with Crippen LogP contribution in [0.4, 0.5) is 4.79 Å². The van der Waals surface area contributed by atoms with E-state index in [9.17, 15) is 4.79 Å². The lowest BCUT2D eigenvalue weighted by Crippen LogP contribution is -2.51. The van der Waals surface area contributed by atoms with Crippen molar-refractivity contribution >= 4 is 28.7 Å². The fourth-order valence-corrected chi connectivity index (χ4v) is 7.06. The zero-order chi connectivity index (χ0) is 24.9. The molecule has 2 aliphatic heterocycles. The normalized spacial score (nSPS) is 29.2. The van der Waals surface area contributed by atoms with E-state index in [-0.39, 0.29) is 30.4 Å². The maximum absolute atomic E-state index is 12.8. The van der Waals surface area contributed by atoms with Crippen LogP contribution >= 0.6 is 22.6 Å². The summed E-state index contributed by atoms with van der Waals surface area (Å²) in [5.41, 5.74) is 2.62. The number of hydrogen-bond donors (Lipinski definition) is 0. The third-order valence-corrected chi connectivity index (χ3v) is 9.03. The second kappa shape index (κ2) is 12.3. The van der Waals surface area contributed by atoms with Gasteiger partial charge in [-0.2, -0.15) is 5.10 Å². The maximum Gasteiger partial charge on any atom is 0.409 e. The molecule has 1 aromatic heterocycles. The van der Waals surface area contributed by atoms with E-state index in [1.807, 2.05) is 11.1 Å². The van der Waals surface area contributed by atoms with Gasteiger partial charge < -0.3 is 19.1 Å². The van der Waals surface area contributed by atoms with Gasteiger partial charge in [0.1, 0.15) is 0 Å². The highest BCUT2D eigenvalue weighted by Crippen LogP contribution is 2.39. The first kappa shape index (κ1) is 26.0. The number of benzene rings is 1. The molecule has 1 aliphatic carbocycles. The Balaban J connectivity index is 1.30. The largest absolute Gasteiger partial charge is 0.453 e. The van der Waals surface area contributed by atoms with Crippen molar-refractivity contribution in [1.82, 2.24) is 14.7 Å². The molecule has 3 aliphatic rings. The third-order valence-electron chi connectivity index (χ3n) is 8.20. The molecule has 3 atom stereocenters. The van der Waals surface area contributed by atoms with E-state index in [1.165, 1.54) is 18.4 Å². The van der Waals surface area contributed by atoms with Gasteiger partial charge >= 0.3 is 6.09 Å². The number of carbonyl (C=O) groups is 1. The van der Waals surface area contributed by atoms with Crippen molar-refractivity contribution in [1.29, 1.82) is 0 Å². The molecule has 8 heteroatoms. The van der Waals surface area contributed by atoms with Crippen molar-refractivity contribution in [2.24, 2.45) is 0 Å². The zero-order valence-corrected chi connectivity index (χ0v) is 23.3. The number of hydrogen-bond acceptors (Lipinski definition) is 5. The summed E-state index contributed by atoms with van der Waals surface area (Å²) in [7, 11) is 1.47. The summed E-state index contributed by atoms with van der Waals surface area (Å²) < 4.78 is 21.1. The summed E-state index contributed by atoms with van der Waals surface area (Å²) in [6.45, 7) is 1.99. The molecule has 2 aromatic rings. The van der Waals surface area contributed by atoms with E-state index in [1.54, 1.807) is 0 Å². The van der Waals surface area contributed by atoms with Crippen molar-refractivity contribution < 1.29 is 19.0 Å². The maximum atomic E-state index is 12.8. The van der Waals surface area contributed by atoms with Crippen molar-refractivity contribution in [3.05, 3.63) is 51.4 Å². The number of likely N-dealkylation sites (tertiary alicyclic amines) is 1.